The second kappa shape index (κ2) is 9.59. The number of benzene rings is 3. The van der Waals surface area contributed by atoms with Gasteiger partial charge in [-0.2, -0.15) is 0 Å². The molecule has 0 saturated carbocycles. The van der Waals surface area contributed by atoms with Crippen LogP contribution in [0.3, 0.4) is 0 Å². The van der Waals surface area contributed by atoms with E-state index in [2.05, 4.69) is 4.72 Å². The molecule has 1 N–H and O–H groups in total. The van der Waals surface area contributed by atoms with Gasteiger partial charge >= 0.3 is 0 Å². The first-order valence-electron chi connectivity index (χ1n) is 9.93. The molecule has 6 heteroatoms. The van der Waals surface area contributed by atoms with Gasteiger partial charge in [0.2, 0.25) is 0 Å². The van der Waals surface area contributed by atoms with Crippen molar-refractivity contribution in [3.8, 4) is 0 Å². The van der Waals surface area contributed by atoms with E-state index in [1.165, 1.54) is 12.1 Å². The van der Waals surface area contributed by atoms with Crippen molar-refractivity contribution in [1.29, 1.82) is 0 Å². The molecule has 1 amide bonds. The lowest BCUT2D eigenvalue weighted by molar-refractivity contribution is 0.0671. The van der Waals surface area contributed by atoms with Crippen LogP contribution in [0.5, 0.6) is 0 Å². The first-order valence-corrected chi connectivity index (χ1v) is 11.4. The first kappa shape index (κ1) is 21.6. The van der Waals surface area contributed by atoms with E-state index in [-0.39, 0.29) is 16.8 Å². The smallest absolute Gasteiger partial charge is 0.261 e. The lowest BCUT2D eigenvalue weighted by atomic mass is 10.1. The third-order valence-corrected chi connectivity index (χ3v) is 6.39. The van der Waals surface area contributed by atoms with E-state index < -0.39 is 10.0 Å². The molecular weight excluding hydrogens is 396 g/mol. The molecule has 0 aliphatic carbocycles. The summed E-state index contributed by atoms with van der Waals surface area (Å²) in [6.45, 7) is 4.55. The van der Waals surface area contributed by atoms with Crippen molar-refractivity contribution < 1.29 is 13.2 Å². The van der Waals surface area contributed by atoms with E-state index >= 15 is 0 Å². The van der Waals surface area contributed by atoms with Gasteiger partial charge in [-0.1, -0.05) is 61.5 Å². The Morgan fingerprint density at radius 2 is 1.57 bits per heavy atom. The Labute approximate surface area is 178 Å². The average Bonchev–Trinajstić information content (AvgIpc) is 2.77. The van der Waals surface area contributed by atoms with Crippen molar-refractivity contribution in [1.82, 2.24) is 4.90 Å². The van der Waals surface area contributed by atoms with Gasteiger partial charge in [0.25, 0.3) is 15.9 Å². The van der Waals surface area contributed by atoms with Gasteiger partial charge in [0.1, 0.15) is 0 Å². The second-order valence-corrected chi connectivity index (χ2v) is 8.86. The van der Waals surface area contributed by atoms with Crippen LogP contribution in [0.25, 0.3) is 0 Å². The number of rotatable bonds is 8. The number of sulfonamides is 1. The number of anilines is 1. The zero-order chi connectivity index (χ0) is 21.6. The SMILES string of the molecule is CCC(C)N(Cc1ccccc1)C(=O)c1cccc(NS(=O)(=O)c2ccccc2)c1. The molecule has 0 spiro atoms. The highest BCUT2D eigenvalue weighted by atomic mass is 32.2. The van der Waals surface area contributed by atoms with Crippen molar-refractivity contribution in [2.45, 2.75) is 37.8 Å². The van der Waals surface area contributed by atoms with E-state index in [1.807, 2.05) is 49.1 Å². The Hall–Kier alpha value is -3.12. The molecule has 3 aromatic rings. The third kappa shape index (κ3) is 5.27. The van der Waals surface area contributed by atoms with Crippen molar-refractivity contribution in [2.75, 3.05) is 4.72 Å². The molecule has 0 aromatic heterocycles. The number of nitrogens with zero attached hydrogens (tertiary/aromatic N) is 1. The third-order valence-electron chi connectivity index (χ3n) is 4.99. The number of nitrogens with one attached hydrogen (secondary N) is 1. The van der Waals surface area contributed by atoms with Gasteiger partial charge in [0, 0.05) is 23.8 Å². The van der Waals surface area contributed by atoms with Crippen LogP contribution < -0.4 is 4.72 Å². The van der Waals surface area contributed by atoms with E-state index in [9.17, 15) is 13.2 Å². The highest BCUT2D eigenvalue weighted by Crippen LogP contribution is 2.20. The molecular formula is C24H26N2O3S. The fraction of sp³-hybridized carbons (Fsp3) is 0.208. The minimum absolute atomic E-state index is 0.0439. The molecule has 0 aliphatic rings. The van der Waals surface area contributed by atoms with Gasteiger partial charge in [-0.05, 0) is 49.2 Å². The van der Waals surface area contributed by atoms with Gasteiger partial charge in [0.05, 0.1) is 4.90 Å². The summed E-state index contributed by atoms with van der Waals surface area (Å²) in [6.07, 6.45) is 0.818. The summed E-state index contributed by atoms with van der Waals surface area (Å²) in [7, 11) is -3.72. The first-order chi connectivity index (χ1) is 14.4. The highest BCUT2D eigenvalue weighted by molar-refractivity contribution is 7.92. The van der Waals surface area contributed by atoms with E-state index in [1.54, 1.807) is 42.5 Å². The molecule has 3 aromatic carbocycles. The minimum Gasteiger partial charge on any atom is -0.332 e. The molecule has 30 heavy (non-hydrogen) atoms. The number of hydrogen-bond acceptors (Lipinski definition) is 3. The number of carbonyl (C=O) groups excluding carboxylic acids is 1. The monoisotopic (exact) mass is 422 g/mol. The average molecular weight is 423 g/mol. The number of carbonyl (C=O) groups is 1. The van der Waals surface area contributed by atoms with Crippen LogP contribution in [0, 0.1) is 0 Å². The van der Waals surface area contributed by atoms with Crippen LogP contribution in [0.1, 0.15) is 36.2 Å². The standard InChI is InChI=1S/C24H26N2O3S/c1-3-19(2)26(18-20-11-6-4-7-12-20)24(27)21-13-10-14-22(17-21)25-30(28,29)23-15-8-5-9-16-23/h4-17,19,25H,3,18H2,1-2H3. The zero-order valence-corrected chi connectivity index (χ0v) is 18.0. The fourth-order valence-corrected chi connectivity index (χ4v) is 4.19. The van der Waals surface area contributed by atoms with Gasteiger partial charge in [-0.25, -0.2) is 8.42 Å². The predicted molar refractivity (Wildman–Crippen MR) is 120 cm³/mol. The van der Waals surface area contributed by atoms with Crippen LogP contribution in [0.4, 0.5) is 5.69 Å². The summed E-state index contributed by atoms with van der Waals surface area (Å²) >= 11 is 0. The quantitative estimate of drug-likeness (QED) is 0.560. The van der Waals surface area contributed by atoms with Gasteiger partial charge in [0.15, 0.2) is 0 Å². The Balaban J connectivity index is 1.85. The van der Waals surface area contributed by atoms with E-state index in [0.29, 0.717) is 17.8 Å². The molecule has 0 bridgehead atoms. The van der Waals surface area contributed by atoms with Crippen molar-refractivity contribution in [3.05, 3.63) is 96.1 Å². The fourth-order valence-electron chi connectivity index (χ4n) is 3.12. The van der Waals surface area contributed by atoms with Crippen molar-refractivity contribution >= 4 is 21.6 Å². The molecule has 0 aliphatic heterocycles. The van der Waals surface area contributed by atoms with Crippen LogP contribution in [-0.2, 0) is 16.6 Å². The highest BCUT2D eigenvalue weighted by Gasteiger charge is 2.22. The maximum absolute atomic E-state index is 13.3. The maximum Gasteiger partial charge on any atom is 0.261 e. The lowest BCUT2D eigenvalue weighted by Crippen LogP contribution is -2.37. The van der Waals surface area contributed by atoms with E-state index in [4.69, 9.17) is 0 Å². The van der Waals surface area contributed by atoms with Crippen molar-refractivity contribution in [3.63, 3.8) is 0 Å². The number of amides is 1. The number of hydrogen-bond donors (Lipinski definition) is 1. The molecule has 0 saturated heterocycles. The van der Waals surface area contributed by atoms with Gasteiger partial charge in [-0.3, -0.25) is 9.52 Å². The van der Waals surface area contributed by atoms with Crippen LogP contribution >= 0.6 is 0 Å². The topological polar surface area (TPSA) is 66.5 Å². The Morgan fingerprint density at radius 3 is 2.20 bits per heavy atom. The van der Waals surface area contributed by atoms with Crippen LogP contribution in [-0.4, -0.2) is 25.3 Å². The summed E-state index contributed by atoms with van der Waals surface area (Å²) in [5.74, 6) is -0.131. The zero-order valence-electron chi connectivity index (χ0n) is 17.2. The Bertz CT molecular complexity index is 1080. The molecule has 1 unspecified atom stereocenters. The van der Waals surface area contributed by atoms with Crippen LogP contribution in [0.15, 0.2) is 89.8 Å². The summed E-state index contributed by atoms with van der Waals surface area (Å²) < 4.78 is 27.8. The molecule has 1 atom stereocenters. The minimum atomic E-state index is -3.72. The van der Waals surface area contributed by atoms with Gasteiger partial charge in [-0.15, -0.1) is 0 Å². The molecule has 5 nitrogen and oxygen atoms in total. The lowest BCUT2D eigenvalue weighted by Gasteiger charge is -2.29. The molecule has 156 valence electrons. The summed E-state index contributed by atoms with van der Waals surface area (Å²) in [4.78, 5) is 15.3. The van der Waals surface area contributed by atoms with Gasteiger partial charge < -0.3 is 4.90 Å². The molecule has 0 fully saturated rings. The second-order valence-electron chi connectivity index (χ2n) is 7.18. The van der Waals surface area contributed by atoms with Crippen LogP contribution in [0.2, 0.25) is 0 Å². The molecule has 3 rings (SSSR count). The van der Waals surface area contributed by atoms with Crippen molar-refractivity contribution in [2.24, 2.45) is 0 Å². The Kier molecular flexibility index (Phi) is 6.90. The molecule has 0 radical (unpaired) electrons. The van der Waals surface area contributed by atoms with E-state index in [0.717, 1.165) is 12.0 Å². The largest absolute Gasteiger partial charge is 0.332 e. The predicted octanol–water partition coefficient (Wildman–Crippen LogP) is 4.93. The Morgan fingerprint density at radius 1 is 0.933 bits per heavy atom. The normalized spacial score (nSPS) is 12.2. The summed E-state index contributed by atoms with van der Waals surface area (Å²) in [5.41, 5.74) is 1.85. The maximum atomic E-state index is 13.3. The summed E-state index contributed by atoms with van der Waals surface area (Å²) in [5, 5.41) is 0. The molecule has 0 heterocycles. The summed E-state index contributed by atoms with van der Waals surface area (Å²) in [6, 6.07) is 24.7.